The molecule has 12 rings (SSSR count). The normalized spacial score (nSPS) is 11.1. The van der Waals surface area contributed by atoms with Gasteiger partial charge in [0.2, 0.25) is 0 Å². The number of hydrogen-bond acceptors (Lipinski definition) is 4. The highest BCUT2D eigenvalue weighted by Crippen LogP contribution is 2.44. The lowest BCUT2D eigenvalue weighted by atomic mass is 9.85. The Morgan fingerprint density at radius 3 is 0.944 bits per heavy atom. The maximum absolute atomic E-state index is 5.11. The van der Waals surface area contributed by atoms with Gasteiger partial charge in [0.05, 0.1) is 22.8 Å². The minimum absolute atomic E-state index is 0.817. The van der Waals surface area contributed by atoms with Crippen LogP contribution in [0.1, 0.15) is 0 Å². The van der Waals surface area contributed by atoms with Crippen molar-refractivity contribution in [2.45, 2.75) is 0 Å². The maximum atomic E-state index is 5.11. The average Bonchev–Trinajstić information content (AvgIpc) is 3.48. The molecule has 0 saturated heterocycles. The van der Waals surface area contributed by atoms with E-state index in [4.69, 9.17) is 9.97 Å². The number of benzene rings is 8. The van der Waals surface area contributed by atoms with Gasteiger partial charge < -0.3 is 0 Å². The first-order valence-corrected chi connectivity index (χ1v) is 24.2. The van der Waals surface area contributed by atoms with Crippen LogP contribution in [-0.4, -0.2) is 19.9 Å². The van der Waals surface area contributed by atoms with Crippen molar-refractivity contribution in [1.29, 1.82) is 0 Å². The Labute approximate surface area is 420 Å². The molecule has 4 aromatic heterocycles. The Hall–Kier alpha value is -9.64. The van der Waals surface area contributed by atoms with Crippen LogP contribution < -0.4 is 0 Å². The molecule has 12 aromatic rings. The van der Waals surface area contributed by atoms with Gasteiger partial charge in [0.1, 0.15) is 0 Å². The smallest absolute Gasteiger partial charge is 0.0892 e. The standard InChI is InChI=1S/C68H46N4/c1-2-16-47(17-3-1)48-27-29-51(30-28-48)63-45-68(67-26-12-15-41-71-67)72-46-64(63)62-23-9-8-22-61(62)56-43-54(59-20-6-4-18-57(59)49-31-35-52(36-32-49)65-24-10-13-39-69-65)42-55(44-56)60-21-7-5-19-58(60)50-33-37-53(38-34-50)66-25-11-14-40-70-66/h1-46H. The van der Waals surface area contributed by atoms with E-state index in [1.54, 1.807) is 0 Å². The van der Waals surface area contributed by atoms with E-state index < -0.39 is 0 Å². The van der Waals surface area contributed by atoms with Crippen LogP contribution >= 0.6 is 0 Å². The molecule has 0 bridgehead atoms. The van der Waals surface area contributed by atoms with Crippen LogP contribution in [-0.2, 0) is 0 Å². The molecular weight excluding hydrogens is 873 g/mol. The Kier molecular flexibility index (Phi) is 12.0. The fourth-order valence-corrected chi connectivity index (χ4v) is 9.78. The zero-order valence-corrected chi connectivity index (χ0v) is 39.3. The van der Waals surface area contributed by atoms with Gasteiger partial charge in [0.25, 0.3) is 0 Å². The number of rotatable bonds is 11. The van der Waals surface area contributed by atoms with E-state index in [-0.39, 0.29) is 0 Å². The second-order valence-corrected chi connectivity index (χ2v) is 17.8. The van der Waals surface area contributed by atoms with Crippen molar-refractivity contribution in [2.24, 2.45) is 0 Å². The van der Waals surface area contributed by atoms with Gasteiger partial charge in [-0.3, -0.25) is 19.9 Å². The van der Waals surface area contributed by atoms with Crippen molar-refractivity contribution < 1.29 is 0 Å². The molecule has 0 aliphatic rings. The van der Waals surface area contributed by atoms with Crippen LogP contribution in [0.4, 0.5) is 0 Å². The molecule has 4 nitrogen and oxygen atoms in total. The lowest BCUT2D eigenvalue weighted by Gasteiger charge is -2.19. The van der Waals surface area contributed by atoms with Gasteiger partial charge in [0, 0.05) is 41.5 Å². The summed E-state index contributed by atoms with van der Waals surface area (Å²) >= 11 is 0. The van der Waals surface area contributed by atoms with Gasteiger partial charge in [-0.15, -0.1) is 0 Å². The van der Waals surface area contributed by atoms with E-state index in [1.165, 1.54) is 11.1 Å². The van der Waals surface area contributed by atoms with Crippen LogP contribution in [0.2, 0.25) is 0 Å². The summed E-state index contributed by atoms with van der Waals surface area (Å²) in [5, 5.41) is 0. The maximum Gasteiger partial charge on any atom is 0.0892 e. The van der Waals surface area contributed by atoms with E-state index in [2.05, 4.69) is 222 Å². The lowest BCUT2D eigenvalue weighted by molar-refractivity contribution is 1.25. The number of aromatic nitrogens is 4. The van der Waals surface area contributed by atoms with E-state index in [9.17, 15) is 0 Å². The van der Waals surface area contributed by atoms with Crippen molar-refractivity contribution in [1.82, 2.24) is 19.9 Å². The molecule has 72 heavy (non-hydrogen) atoms. The summed E-state index contributed by atoms with van der Waals surface area (Å²) in [7, 11) is 0. The number of nitrogens with zero attached hydrogens (tertiary/aromatic N) is 4. The van der Waals surface area contributed by atoms with Gasteiger partial charge in [-0.25, -0.2) is 0 Å². The molecule has 0 unspecified atom stereocenters. The third kappa shape index (κ3) is 8.93. The first-order chi connectivity index (χ1) is 35.7. The van der Waals surface area contributed by atoms with Crippen molar-refractivity contribution in [3.63, 3.8) is 0 Å². The molecule has 0 radical (unpaired) electrons. The highest BCUT2D eigenvalue weighted by molar-refractivity contribution is 5.97. The summed E-state index contributed by atoms with van der Waals surface area (Å²) in [4.78, 5) is 19.1. The molecule has 0 N–H and O–H groups in total. The Morgan fingerprint density at radius 1 is 0.167 bits per heavy atom. The molecule has 338 valence electrons. The van der Waals surface area contributed by atoms with E-state index in [1.807, 2.05) is 67.3 Å². The molecule has 0 saturated carbocycles. The Bertz CT molecular complexity index is 3660. The lowest BCUT2D eigenvalue weighted by Crippen LogP contribution is -1.95. The van der Waals surface area contributed by atoms with E-state index in [0.29, 0.717) is 0 Å². The highest BCUT2D eigenvalue weighted by Gasteiger charge is 2.19. The third-order valence-corrected chi connectivity index (χ3v) is 13.4. The fraction of sp³-hybridized carbons (Fsp3) is 0. The van der Waals surface area contributed by atoms with Crippen LogP contribution in [0.25, 0.3) is 123 Å². The van der Waals surface area contributed by atoms with Gasteiger partial charge >= 0.3 is 0 Å². The van der Waals surface area contributed by atoms with Gasteiger partial charge in [-0.05, 0) is 144 Å². The van der Waals surface area contributed by atoms with Crippen molar-refractivity contribution in [3.05, 3.63) is 280 Å². The summed E-state index contributed by atoms with van der Waals surface area (Å²) in [6.07, 6.45) is 7.54. The van der Waals surface area contributed by atoms with Crippen molar-refractivity contribution >= 4 is 0 Å². The summed E-state index contributed by atoms with van der Waals surface area (Å²) in [5.41, 5.74) is 23.6. The minimum Gasteiger partial charge on any atom is -0.256 e. The summed E-state index contributed by atoms with van der Waals surface area (Å²) < 4.78 is 0. The summed E-state index contributed by atoms with van der Waals surface area (Å²) in [5.74, 6) is 0. The summed E-state index contributed by atoms with van der Waals surface area (Å²) in [6, 6.07) is 90.5. The molecule has 0 amide bonds. The molecule has 0 aliphatic heterocycles. The number of hydrogen-bond donors (Lipinski definition) is 0. The third-order valence-electron chi connectivity index (χ3n) is 13.4. The van der Waals surface area contributed by atoms with E-state index >= 15 is 0 Å². The van der Waals surface area contributed by atoms with Crippen molar-refractivity contribution in [3.8, 4) is 123 Å². The van der Waals surface area contributed by atoms with Crippen LogP contribution in [0.15, 0.2) is 280 Å². The van der Waals surface area contributed by atoms with Gasteiger partial charge in [-0.1, -0.05) is 194 Å². The predicted octanol–water partition coefficient (Wildman–Crippen LogP) is 17.6. The average molecular weight is 919 g/mol. The van der Waals surface area contributed by atoms with Gasteiger partial charge in [0.15, 0.2) is 0 Å². The molecule has 8 aromatic carbocycles. The Morgan fingerprint density at radius 2 is 0.500 bits per heavy atom. The highest BCUT2D eigenvalue weighted by atomic mass is 14.8. The summed E-state index contributed by atoms with van der Waals surface area (Å²) in [6.45, 7) is 0. The molecule has 0 fully saturated rings. The van der Waals surface area contributed by atoms with Crippen LogP contribution in [0, 0.1) is 0 Å². The number of pyridine rings is 4. The van der Waals surface area contributed by atoms with Crippen LogP contribution in [0.3, 0.4) is 0 Å². The van der Waals surface area contributed by atoms with Crippen LogP contribution in [0.5, 0.6) is 0 Å². The second-order valence-electron chi connectivity index (χ2n) is 17.8. The minimum atomic E-state index is 0.817. The second kappa shape index (κ2) is 19.8. The predicted molar refractivity (Wildman–Crippen MR) is 297 cm³/mol. The van der Waals surface area contributed by atoms with E-state index in [0.717, 1.165) is 112 Å². The topological polar surface area (TPSA) is 51.6 Å². The van der Waals surface area contributed by atoms with Gasteiger partial charge in [-0.2, -0.15) is 0 Å². The quantitative estimate of drug-likeness (QED) is 0.130. The first-order valence-electron chi connectivity index (χ1n) is 24.2. The molecule has 4 heteroatoms. The fourth-order valence-electron chi connectivity index (χ4n) is 9.78. The zero-order chi connectivity index (χ0) is 48.1. The largest absolute Gasteiger partial charge is 0.256 e. The molecular formula is C68H46N4. The SMILES string of the molecule is c1ccc(-c2ccc(-c3cc(-c4ccccn4)ncc3-c3ccccc3-c3cc(-c4ccccc4-c4ccc(-c5ccccn5)cc4)cc(-c4ccccc4-c4ccc(-c5ccccn5)cc4)c3)cc2)cc1. The molecule has 0 aliphatic carbocycles. The molecule has 0 atom stereocenters. The van der Waals surface area contributed by atoms with Crippen molar-refractivity contribution in [2.75, 3.05) is 0 Å². The Balaban J connectivity index is 1.03. The molecule has 0 spiro atoms. The molecule has 4 heterocycles. The monoisotopic (exact) mass is 918 g/mol. The zero-order valence-electron chi connectivity index (χ0n) is 39.3. The first kappa shape index (κ1) is 43.6.